The van der Waals surface area contributed by atoms with Gasteiger partial charge in [0, 0.05) is 57.5 Å². The van der Waals surface area contributed by atoms with Gasteiger partial charge in [-0.25, -0.2) is 4.98 Å². The third kappa shape index (κ3) is 44.8. The average Bonchev–Trinajstić information content (AvgIpc) is 1.09. The molecule has 0 saturated carbocycles. The number of nitrogens with one attached hydrogen (secondary N) is 15. The zero-order chi connectivity index (χ0) is 93.3. The number of aromatic nitrogens is 2. The molecule has 37 N–H and O–H groups in total. The Morgan fingerprint density at radius 2 is 0.642 bits per heavy atom. The number of H-pyrrole nitrogens is 1. The SMILES string of the molecule is CC(=O)N[C@@H](CCCN=C(N)N)C(=O)N[C@@H](CCC(N)=O)C(=O)N[C@@H](CCCCN)C(=O)N[C@@H](Cc1cnc[nH]1)C(=O)N[C@@H](C)C(=O)N[C@@H](CCC(N)=O)C(=O)N[C@@H](CCC(N)=O)C(=O)N[C@@H](CCC(N)=O)C(=O)N[C@@H](CCCCN)C(=O)N[C@H](C(=O)N[C@H](C(=O)N[C@@H](CC(N)=O)C(=O)N[C@@H](CCCCN)C(=O)N[C@@H](CC(C)C)C(N)=O)C(C)C)C(C)C. The van der Waals surface area contributed by atoms with Gasteiger partial charge in [0.05, 0.1) is 12.7 Å². The molecule has 1 aromatic heterocycles. The van der Waals surface area contributed by atoms with Gasteiger partial charge in [-0.15, -0.1) is 0 Å². The van der Waals surface area contributed by atoms with E-state index in [9.17, 15) is 95.9 Å². The van der Waals surface area contributed by atoms with E-state index in [1.807, 2.05) is 0 Å². The lowest BCUT2D eigenvalue weighted by Gasteiger charge is -2.30. The molecule has 1 aromatic rings. The van der Waals surface area contributed by atoms with E-state index in [1.165, 1.54) is 40.2 Å². The summed E-state index contributed by atoms with van der Waals surface area (Å²) in [7, 11) is 0. The molecule has 0 unspecified atom stereocenters. The van der Waals surface area contributed by atoms with Crippen LogP contribution in [0.2, 0.25) is 0 Å². The largest absolute Gasteiger partial charge is 0.370 e. The van der Waals surface area contributed by atoms with E-state index >= 15 is 0 Å². The second-order valence-electron chi connectivity index (χ2n) is 30.9. The molecule has 123 heavy (non-hydrogen) atoms. The molecule has 0 aliphatic rings. The van der Waals surface area contributed by atoms with Crippen LogP contribution >= 0.6 is 0 Å². The van der Waals surface area contributed by atoms with Crippen molar-refractivity contribution in [2.75, 3.05) is 26.2 Å². The highest BCUT2D eigenvalue weighted by Crippen LogP contribution is 2.16. The van der Waals surface area contributed by atoms with Gasteiger partial charge in [0.15, 0.2) is 5.96 Å². The first-order valence-corrected chi connectivity index (χ1v) is 40.8. The Balaban J connectivity index is 3.72. The number of carbonyl (C=O) groups is 20. The molecule has 1 heterocycles. The fourth-order valence-electron chi connectivity index (χ4n) is 12.2. The Kier molecular flexibility index (Phi) is 51.2. The first kappa shape index (κ1) is 109. The molecule has 0 aromatic carbocycles. The van der Waals surface area contributed by atoms with Crippen molar-refractivity contribution in [3.63, 3.8) is 0 Å². The van der Waals surface area contributed by atoms with E-state index in [4.69, 9.17) is 63.1 Å². The number of nitrogens with zero attached hydrogens (tertiary/aromatic N) is 2. The molecule has 48 nitrogen and oxygen atoms in total. The third-order valence-corrected chi connectivity index (χ3v) is 18.9. The molecule has 0 spiro atoms. The first-order chi connectivity index (χ1) is 57.7. The number of imidazole rings is 1. The van der Waals surface area contributed by atoms with E-state index < -0.39 is 266 Å². The van der Waals surface area contributed by atoms with Crippen molar-refractivity contribution in [1.82, 2.24) is 84.4 Å². The number of nitrogens with two attached hydrogens (primary N) is 11. The summed E-state index contributed by atoms with van der Waals surface area (Å²) in [4.78, 5) is 282. The van der Waals surface area contributed by atoms with Crippen molar-refractivity contribution >= 4 is 124 Å². The van der Waals surface area contributed by atoms with Crippen molar-refractivity contribution in [2.45, 2.75) is 281 Å². The second kappa shape index (κ2) is 57.9. The van der Waals surface area contributed by atoms with Crippen LogP contribution in [0.4, 0.5) is 0 Å². The van der Waals surface area contributed by atoms with Gasteiger partial charge >= 0.3 is 0 Å². The van der Waals surface area contributed by atoms with Crippen LogP contribution in [0.3, 0.4) is 0 Å². The van der Waals surface area contributed by atoms with Gasteiger partial charge in [-0.05, 0) is 147 Å². The maximum Gasteiger partial charge on any atom is 0.243 e. The molecule has 48 heteroatoms. The highest BCUT2D eigenvalue weighted by Gasteiger charge is 2.40. The number of aliphatic imine (C=N–C) groups is 1. The minimum Gasteiger partial charge on any atom is -0.370 e. The number of carbonyl (C=O) groups excluding carboxylic acids is 20. The number of primary amides is 6. The first-order valence-electron chi connectivity index (χ1n) is 40.8. The van der Waals surface area contributed by atoms with E-state index in [2.05, 4.69) is 89.4 Å². The lowest BCUT2D eigenvalue weighted by atomic mass is 9.98. The number of hydrogen-bond acceptors (Lipinski definition) is 25. The molecule has 0 fully saturated rings. The zero-order valence-electron chi connectivity index (χ0n) is 71.3. The van der Waals surface area contributed by atoms with Crippen molar-refractivity contribution in [3.05, 3.63) is 18.2 Å². The molecule has 14 atom stereocenters. The van der Waals surface area contributed by atoms with Crippen molar-refractivity contribution in [3.8, 4) is 0 Å². The highest BCUT2D eigenvalue weighted by atomic mass is 16.2. The van der Waals surface area contributed by atoms with Crippen LogP contribution in [0, 0.1) is 17.8 Å². The maximum atomic E-state index is 14.6. The van der Waals surface area contributed by atoms with E-state index in [0.717, 1.165) is 13.8 Å². The van der Waals surface area contributed by atoms with Crippen LogP contribution in [0.5, 0.6) is 0 Å². The number of rotatable bonds is 64. The molecule has 0 aliphatic heterocycles. The highest BCUT2D eigenvalue weighted by molar-refractivity contribution is 6.01. The fraction of sp³-hybridized carbons (Fsp3) is 0.680. The summed E-state index contributed by atoms with van der Waals surface area (Å²) < 4.78 is 0. The summed E-state index contributed by atoms with van der Waals surface area (Å²) in [6, 6.07) is -21.7. The summed E-state index contributed by atoms with van der Waals surface area (Å²) in [6.45, 7) is 12.5. The summed E-state index contributed by atoms with van der Waals surface area (Å²) in [5.41, 5.74) is 61.3. The Morgan fingerprint density at radius 1 is 0.341 bits per heavy atom. The van der Waals surface area contributed by atoms with Crippen LogP contribution < -0.4 is 138 Å². The van der Waals surface area contributed by atoms with E-state index in [-0.39, 0.29) is 114 Å². The van der Waals surface area contributed by atoms with Crippen molar-refractivity contribution < 1.29 is 95.9 Å². The van der Waals surface area contributed by atoms with Gasteiger partial charge in [-0.3, -0.25) is 101 Å². The molecule has 0 radical (unpaired) electrons. The van der Waals surface area contributed by atoms with Gasteiger partial charge in [-0.2, -0.15) is 0 Å². The Bertz CT molecular complexity index is 3750. The molecule has 20 amide bonds. The van der Waals surface area contributed by atoms with Crippen LogP contribution in [-0.2, 0) is 102 Å². The van der Waals surface area contributed by atoms with E-state index in [1.54, 1.807) is 13.8 Å². The fourth-order valence-corrected chi connectivity index (χ4v) is 12.2. The van der Waals surface area contributed by atoms with Crippen LogP contribution in [0.25, 0.3) is 0 Å². The summed E-state index contributed by atoms with van der Waals surface area (Å²) >= 11 is 0. The monoisotopic (exact) mass is 1750 g/mol. The molecule has 0 saturated heterocycles. The standard InChI is InChI=1S/C75H132N28O20/c1-37(2)32-51(61(84)110)99-64(113)44(16-9-12-28-76)95-72(121)53(34-58(83)109)101-73(122)59(38(3)4)103-74(123)60(39(5)6)102-70(119)46(18-11-14-30-78)94-68(117)49(22-26-56(81)107)98-69(118)50(23-27-57(82)108)97-66(115)47(20-24-54(79)105)92-62(111)40(7)90-71(120)52(33-42-35-87-36-89-42)100-65(114)45(17-10-13-29-77)93-67(116)48(21-25-55(80)106)96-63(112)43(91-41(8)104)19-15-31-88-75(85)86/h35-40,43-53,59-60H,9-34,76-78H2,1-8H3,(H2,79,105)(H2,80,106)(H2,81,107)(H2,82,108)(H2,83,109)(H2,84,110)(H,87,89)(H,90,120)(H,91,104)(H,92,111)(H,93,116)(H,94,117)(H,95,121)(H,96,112)(H,97,115)(H,98,118)(H,99,113)(H,100,114)(H,101,122)(H,102,119)(H,103,123)(H4,85,86,88)/t40-,43-,44-,45-,46-,47-,48-,49-,50-,51-,52-,53-,59-,60-/m0/s1. The van der Waals surface area contributed by atoms with Crippen molar-refractivity contribution in [2.24, 2.45) is 85.8 Å². The number of unbranched alkanes of at least 4 members (excludes halogenated alkanes) is 3. The number of guanidine groups is 1. The molecule has 692 valence electrons. The minimum absolute atomic E-state index is 0.00218. The molecular weight excluding hydrogens is 1610 g/mol. The van der Waals surface area contributed by atoms with Gasteiger partial charge in [-0.1, -0.05) is 41.5 Å². The quantitative estimate of drug-likeness (QED) is 0.0164. The van der Waals surface area contributed by atoms with E-state index in [0.29, 0.717) is 19.3 Å². The average molecular weight is 1750 g/mol. The summed E-state index contributed by atoms with van der Waals surface area (Å²) in [5, 5.41) is 34.8. The molecular formula is C75H132N28O20. The number of aromatic amines is 1. The van der Waals surface area contributed by atoms with Gasteiger partial charge < -0.3 is 142 Å². The smallest absolute Gasteiger partial charge is 0.243 e. The summed E-state index contributed by atoms with van der Waals surface area (Å²) in [6.07, 6.45) is -1.21. The van der Waals surface area contributed by atoms with Crippen LogP contribution in [-0.4, -0.2) is 245 Å². The number of hydrogen-bond donors (Lipinski definition) is 26. The third-order valence-electron chi connectivity index (χ3n) is 18.9. The molecule has 0 aliphatic carbocycles. The lowest BCUT2D eigenvalue weighted by Crippen LogP contribution is -2.62. The topological polar surface area (TPSA) is 837 Å². The normalized spacial score (nSPS) is 14.5. The van der Waals surface area contributed by atoms with Crippen LogP contribution in [0.1, 0.15) is 196 Å². The van der Waals surface area contributed by atoms with Crippen molar-refractivity contribution in [1.29, 1.82) is 0 Å². The van der Waals surface area contributed by atoms with Gasteiger partial charge in [0.2, 0.25) is 118 Å². The maximum absolute atomic E-state index is 14.6. The van der Waals surface area contributed by atoms with Gasteiger partial charge in [0.1, 0.15) is 84.6 Å². The predicted molar refractivity (Wildman–Crippen MR) is 445 cm³/mol. The Morgan fingerprint density at radius 3 is 0.959 bits per heavy atom. The predicted octanol–water partition coefficient (Wildman–Crippen LogP) is -10.00. The Hall–Kier alpha value is -12.2. The lowest BCUT2D eigenvalue weighted by molar-refractivity contribution is -0.137. The van der Waals surface area contributed by atoms with Gasteiger partial charge in [0.25, 0.3) is 0 Å². The Labute approximate surface area is 713 Å². The second-order valence-corrected chi connectivity index (χ2v) is 30.9. The minimum atomic E-state index is -1.85. The molecule has 1 rings (SSSR count). The number of amides is 20. The van der Waals surface area contributed by atoms with Crippen LogP contribution in [0.15, 0.2) is 17.5 Å². The zero-order valence-corrected chi connectivity index (χ0v) is 71.3. The molecule has 0 bridgehead atoms. The summed E-state index contributed by atoms with van der Waals surface area (Å²) in [5.74, 6) is -21.6.